The van der Waals surface area contributed by atoms with Crippen LogP contribution in [0.1, 0.15) is 19.8 Å². The first-order chi connectivity index (χ1) is 6.93. The summed E-state index contributed by atoms with van der Waals surface area (Å²) in [6, 6.07) is 0. The molecule has 0 fully saturated rings. The minimum absolute atomic E-state index is 1.09. The molecular formula is C9H18NO4P. The predicted molar refractivity (Wildman–Crippen MR) is 59.0 cm³/mol. The Balaban J connectivity index is 0.000000336. The van der Waals surface area contributed by atoms with E-state index in [0.29, 0.717) is 0 Å². The zero-order chi connectivity index (χ0) is 11.7. The van der Waals surface area contributed by atoms with Crippen molar-refractivity contribution in [1.82, 2.24) is 4.90 Å². The monoisotopic (exact) mass is 235 g/mol. The molecule has 1 heterocycles. The summed E-state index contributed by atoms with van der Waals surface area (Å²) in [5, 5.41) is 0. The van der Waals surface area contributed by atoms with E-state index >= 15 is 0 Å². The maximum Gasteiger partial charge on any atom is 0.466 e. The van der Waals surface area contributed by atoms with Crippen LogP contribution in [0.2, 0.25) is 0 Å². The van der Waals surface area contributed by atoms with E-state index in [-0.39, 0.29) is 0 Å². The Hall–Kier alpha value is -0.610. The Bertz CT molecular complexity index is 251. The maximum atomic E-state index is 8.88. The topological polar surface area (TPSA) is 81.0 Å². The van der Waals surface area contributed by atoms with Crippen molar-refractivity contribution >= 4 is 7.82 Å². The highest BCUT2D eigenvalue weighted by molar-refractivity contribution is 7.45. The molecule has 0 aromatic heterocycles. The van der Waals surface area contributed by atoms with Crippen LogP contribution in [-0.4, -0.2) is 32.7 Å². The largest absolute Gasteiger partial charge is 0.466 e. The molecule has 15 heavy (non-hydrogen) atoms. The molecule has 0 unspecified atom stereocenters. The first-order valence-corrected chi connectivity index (χ1v) is 6.35. The van der Waals surface area contributed by atoms with Crippen LogP contribution in [0.3, 0.4) is 0 Å². The van der Waals surface area contributed by atoms with Gasteiger partial charge < -0.3 is 19.6 Å². The highest BCUT2D eigenvalue weighted by atomic mass is 31.2. The molecule has 0 radical (unpaired) electrons. The summed E-state index contributed by atoms with van der Waals surface area (Å²) in [6.45, 7) is 4.53. The molecule has 88 valence electrons. The Morgan fingerprint density at radius 3 is 2.33 bits per heavy atom. The molecule has 5 nitrogen and oxygen atoms in total. The minimum atomic E-state index is -4.64. The second-order valence-corrected chi connectivity index (χ2v) is 4.16. The van der Waals surface area contributed by atoms with Gasteiger partial charge in [0.15, 0.2) is 0 Å². The van der Waals surface area contributed by atoms with Gasteiger partial charge in [-0.2, -0.15) is 0 Å². The van der Waals surface area contributed by atoms with E-state index in [1.807, 2.05) is 0 Å². The molecule has 0 aromatic rings. The fraction of sp³-hybridized carbons (Fsp3) is 0.556. The third-order valence-electron chi connectivity index (χ3n) is 1.68. The molecule has 0 saturated carbocycles. The Labute approximate surface area is 90.0 Å². The van der Waals surface area contributed by atoms with E-state index < -0.39 is 7.82 Å². The van der Waals surface area contributed by atoms with Gasteiger partial charge in [0.2, 0.25) is 0 Å². The molecule has 3 N–H and O–H groups in total. The van der Waals surface area contributed by atoms with Crippen molar-refractivity contribution in [3.8, 4) is 0 Å². The second-order valence-electron chi connectivity index (χ2n) is 3.13. The summed E-state index contributed by atoms with van der Waals surface area (Å²) in [5.41, 5.74) is 0. The third-order valence-corrected chi connectivity index (χ3v) is 1.68. The standard InChI is InChI=1S/C9H15N.H3O4P/c1-2-3-7-10-8-5-4-6-9-10;1-5(2,3)4/h4-6,8H,2-3,7,9H2,1H3;(H3,1,2,3,4). The van der Waals surface area contributed by atoms with Crippen LogP contribution in [-0.2, 0) is 4.57 Å². The molecule has 0 spiro atoms. The lowest BCUT2D eigenvalue weighted by Gasteiger charge is -2.19. The molecule has 0 atom stereocenters. The van der Waals surface area contributed by atoms with Gasteiger partial charge in [0, 0.05) is 13.1 Å². The summed E-state index contributed by atoms with van der Waals surface area (Å²) in [4.78, 5) is 23.9. The van der Waals surface area contributed by atoms with Crippen LogP contribution in [0.15, 0.2) is 24.4 Å². The summed E-state index contributed by atoms with van der Waals surface area (Å²) in [5.74, 6) is 0. The van der Waals surface area contributed by atoms with Crippen LogP contribution in [0.5, 0.6) is 0 Å². The lowest BCUT2D eigenvalue weighted by Crippen LogP contribution is -2.19. The fourth-order valence-electron chi connectivity index (χ4n) is 1.03. The lowest BCUT2D eigenvalue weighted by molar-refractivity contribution is 0.275. The highest BCUT2D eigenvalue weighted by Gasteiger charge is 2.00. The fourth-order valence-corrected chi connectivity index (χ4v) is 1.03. The zero-order valence-electron chi connectivity index (χ0n) is 8.78. The second kappa shape index (κ2) is 7.65. The summed E-state index contributed by atoms with van der Waals surface area (Å²) >= 11 is 0. The van der Waals surface area contributed by atoms with Gasteiger partial charge in [0.1, 0.15) is 0 Å². The van der Waals surface area contributed by atoms with Crippen LogP contribution < -0.4 is 0 Å². The normalized spacial score (nSPS) is 14.8. The Morgan fingerprint density at radius 1 is 1.33 bits per heavy atom. The predicted octanol–water partition coefficient (Wildman–Crippen LogP) is 1.24. The van der Waals surface area contributed by atoms with E-state index in [2.05, 4.69) is 36.3 Å². The van der Waals surface area contributed by atoms with Crippen molar-refractivity contribution < 1.29 is 19.2 Å². The van der Waals surface area contributed by atoms with E-state index in [1.165, 1.54) is 19.4 Å². The molecule has 0 aromatic carbocycles. The van der Waals surface area contributed by atoms with E-state index in [4.69, 9.17) is 19.2 Å². The van der Waals surface area contributed by atoms with Gasteiger partial charge in [-0.3, -0.25) is 0 Å². The molecule has 1 rings (SSSR count). The van der Waals surface area contributed by atoms with Gasteiger partial charge in [-0.15, -0.1) is 0 Å². The van der Waals surface area contributed by atoms with E-state index in [0.717, 1.165) is 6.54 Å². The molecule has 0 aliphatic carbocycles. The maximum absolute atomic E-state index is 8.88. The number of allylic oxidation sites excluding steroid dienone is 2. The van der Waals surface area contributed by atoms with Crippen LogP contribution in [0.4, 0.5) is 0 Å². The van der Waals surface area contributed by atoms with Gasteiger partial charge >= 0.3 is 7.82 Å². The van der Waals surface area contributed by atoms with Gasteiger partial charge in [-0.05, 0) is 18.7 Å². The SMILES string of the molecule is CCCCN1C=CC=CC1.O=P(O)(O)O. The van der Waals surface area contributed by atoms with Gasteiger partial charge in [-0.1, -0.05) is 25.5 Å². The molecule has 1 aliphatic heterocycles. The van der Waals surface area contributed by atoms with Gasteiger partial charge in [0.25, 0.3) is 0 Å². The smallest absolute Gasteiger partial charge is 0.374 e. The molecular weight excluding hydrogens is 217 g/mol. The first-order valence-electron chi connectivity index (χ1n) is 4.79. The van der Waals surface area contributed by atoms with Crippen molar-refractivity contribution in [2.75, 3.05) is 13.1 Å². The molecule has 0 bridgehead atoms. The van der Waals surface area contributed by atoms with Crippen molar-refractivity contribution in [1.29, 1.82) is 0 Å². The Kier molecular flexibility index (Phi) is 7.34. The first kappa shape index (κ1) is 14.4. The van der Waals surface area contributed by atoms with E-state index in [1.54, 1.807) is 0 Å². The average Bonchev–Trinajstić information content (AvgIpc) is 2.14. The molecule has 6 heteroatoms. The number of hydrogen-bond acceptors (Lipinski definition) is 2. The number of hydrogen-bond donors (Lipinski definition) is 3. The van der Waals surface area contributed by atoms with Crippen molar-refractivity contribution in [3.05, 3.63) is 24.4 Å². The summed E-state index contributed by atoms with van der Waals surface area (Å²) in [6.07, 6.45) is 11.1. The van der Waals surface area contributed by atoms with Crippen LogP contribution >= 0.6 is 7.82 Å². The van der Waals surface area contributed by atoms with Crippen LogP contribution in [0.25, 0.3) is 0 Å². The minimum Gasteiger partial charge on any atom is -0.374 e. The van der Waals surface area contributed by atoms with Gasteiger partial charge in [0.05, 0.1) is 0 Å². The highest BCUT2D eigenvalue weighted by Crippen LogP contribution is 2.25. The number of rotatable bonds is 3. The molecule has 1 aliphatic rings. The number of nitrogens with zero attached hydrogens (tertiary/aromatic N) is 1. The zero-order valence-corrected chi connectivity index (χ0v) is 9.68. The van der Waals surface area contributed by atoms with Crippen molar-refractivity contribution in [2.24, 2.45) is 0 Å². The van der Waals surface area contributed by atoms with E-state index in [9.17, 15) is 0 Å². The van der Waals surface area contributed by atoms with Gasteiger partial charge in [-0.25, -0.2) is 4.57 Å². The quantitative estimate of drug-likeness (QED) is 0.641. The third kappa shape index (κ3) is 13.4. The average molecular weight is 235 g/mol. The number of phosphoric acid groups is 1. The van der Waals surface area contributed by atoms with Crippen LogP contribution in [0, 0.1) is 0 Å². The summed E-state index contributed by atoms with van der Waals surface area (Å²) in [7, 11) is -4.64. The van der Waals surface area contributed by atoms with Crippen molar-refractivity contribution in [3.63, 3.8) is 0 Å². The number of unbranched alkanes of at least 4 members (excludes halogenated alkanes) is 1. The van der Waals surface area contributed by atoms with Crippen molar-refractivity contribution in [2.45, 2.75) is 19.8 Å². The molecule has 0 saturated heterocycles. The summed E-state index contributed by atoms with van der Waals surface area (Å²) < 4.78 is 8.88. The Morgan fingerprint density at radius 2 is 1.93 bits per heavy atom. The lowest BCUT2D eigenvalue weighted by atomic mass is 10.3. The molecule has 0 amide bonds.